The van der Waals surface area contributed by atoms with Crippen molar-refractivity contribution in [3.8, 4) is 0 Å². The van der Waals surface area contributed by atoms with Crippen molar-refractivity contribution in [2.75, 3.05) is 0 Å². The Morgan fingerprint density at radius 3 is 1.12 bits per heavy atom. The first-order chi connectivity index (χ1) is 2.96. The molecular weight excluding hydrogens is 112 g/mol. The number of ether oxygens (including phenoxy) is 1. The van der Waals surface area contributed by atoms with E-state index in [1.54, 1.807) is 0 Å². The van der Waals surface area contributed by atoms with Crippen molar-refractivity contribution < 1.29 is 7.59 Å². The summed E-state index contributed by atoms with van der Waals surface area (Å²) in [5.74, 6) is 0. The van der Waals surface area contributed by atoms with Gasteiger partial charge < -0.3 is 7.59 Å². The summed E-state index contributed by atoms with van der Waals surface area (Å²) in [6, 6.07) is 0. The van der Waals surface area contributed by atoms with E-state index in [1.165, 1.54) is 0 Å². The third kappa shape index (κ3) is 1.17. The standard InChI is InChI=1S/C6H12O.Mg.2H/c1-5(2)6(3,4)7-5;;;/h1-4H3;;;/q;+2;2*-1. The third-order valence-electron chi connectivity index (χ3n) is 1.92. The van der Waals surface area contributed by atoms with Crippen LogP contribution in [0.15, 0.2) is 0 Å². The number of hydrogen-bond donors (Lipinski definition) is 0. The summed E-state index contributed by atoms with van der Waals surface area (Å²) in [5, 5.41) is 0. The van der Waals surface area contributed by atoms with Crippen molar-refractivity contribution in [1.29, 1.82) is 0 Å². The Kier molecular flexibility index (Phi) is 2.02. The molecule has 0 atom stereocenters. The molecule has 0 aromatic heterocycles. The quantitative estimate of drug-likeness (QED) is 0.353. The summed E-state index contributed by atoms with van der Waals surface area (Å²) < 4.78 is 5.29. The molecule has 1 aliphatic rings. The molecule has 0 aromatic rings. The van der Waals surface area contributed by atoms with Crippen molar-refractivity contribution in [3.63, 3.8) is 0 Å². The third-order valence-corrected chi connectivity index (χ3v) is 1.92. The van der Waals surface area contributed by atoms with Crippen molar-refractivity contribution >= 4 is 23.1 Å². The molecule has 0 aromatic carbocycles. The normalized spacial score (nSPS) is 28.5. The molecule has 1 saturated heterocycles. The minimum absolute atomic E-state index is 0. The van der Waals surface area contributed by atoms with Gasteiger partial charge >= 0.3 is 23.1 Å². The van der Waals surface area contributed by atoms with E-state index in [4.69, 9.17) is 4.74 Å². The van der Waals surface area contributed by atoms with Crippen molar-refractivity contribution in [2.24, 2.45) is 0 Å². The Morgan fingerprint density at radius 1 is 1.00 bits per heavy atom. The predicted molar refractivity (Wildman–Crippen MR) is 37.2 cm³/mol. The number of rotatable bonds is 0. The summed E-state index contributed by atoms with van der Waals surface area (Å²) in [7, 11) is 0. The van der Waals surface area contributed by atoms with Crippen LogP contribution in [0.4, 0.5) is 0 Å². The summed E-state index contributed by atoms with van der Waals surface area (Å²) in [4.78, 5) is 0. The minimum Gasteiger partial charge on any atom is -1.00 e. The Bertz CT molecular complexity index is 91.9. The average molecular weight is 126 g/mol. The zero-order valence-electron chi connectivity index (χ0n) is 8.12. The Morgan fingerprint density at radius 2 is 1.12 bits per heavy atom. The van der Waals surface area contributed by atoms with Crippen LogP contribution in [0.25, 0.3) is 0 Å². The molecule has 1 heterocycles. The SMILES string of the molecule is CC1(C)OC1(C)C.[H-].[H-].[Mg+2]. The Labute approximate surface area is 69.9 Å². The first-order valence-corrected chi connectivity index (χ1v) is 2.66. The molecule has 2 heteroatoms. The van der Waals surface area contributed by atoms with E-state index in [9.17, 15) is 0 Å². The van der Waals surface area contributed by atoms with E-state index in [-0.39, 0.29) is 37.1 Å². The molecule has 0 spiro atoms. The van der Waals surface area contributed by atoms with Crippen molar-refractivity contribution in [2.45, 2.75) is 38.9 Å². The van der Waals surface area contributed by atoms with Crippen LogP contribution in [-0.4, -0.2) is 34.3 Å². The second kappa shape index (κ2) is 1.86. The molecule has 1 aliphatic heterocycles. The smallest absolute Gasteiger partial charge is 1.00 e. The van der Waals surface area contributed by atoms with Crippen LogP contribution >= 0.6 is 0 Å². The van der Waals surface area contributed by atoms with Gasteiger partial charge in [0, 0.05) is 0 Å². The van der Waals surface area contributed by atoms with E-state index in [1.807, 2.05) is 0 Å². The fourth-order valence-electron chi connectivity index (χ4n) is 0.612. The summed E-state index contributed by atoms with van der Waals surface area (Å²) in [6.07, 6.45) is 0. The fraction of sp³-hybridized carbons (Fsp3) is 1.00. The maximum absolute atomic E-state index is 5.29. The fourth-order valence-corrected chi connectivity index (χ4v) is 0.612. The largest absolute Gasteiger partial charge is 2.00 e. The van der Waals surface area contributed by atoms with Crippen LogP contribution in [0.5, 0.6) is 0 Å². The molecule has 8 heavy (non-hydrogen) atoms. The molecule has 0 bridgehead atoms. The Hall–Kier alpha value is 0.726. The monoisotopic (exact) mass is 126 g/mol. The predicted octanol–water partition coefficient (Wildman–Crippen LogP) is 1.42. The van der Waals surface area contributed by atoms with Gasteiger partial charge in [-0.2, -0.15) is 0 Å². The molecule has 1 rings (SSSR count). The summed E-state index contributed by atoms with van der Waals surface area (Å²) >= 11 is 0. The Balaban J connectivity index is -0.000000163. The van der Waals surface area contributed by atoms with Gasteiger partial charge in [-0.1, -0.05) is 0 Å². The van der Waals surface area contributed by atoms with E-state index in [0.29, 0.717) is 0 Å². The molecule has 0 amide bonds. The van der Waals surface area contributed by atoms with Crippen molar-refractivity contribution in [1.82, 2.24) is 0 Å². The molecule has 0 saturated carbocycles. The number of hydrogen-bond acceptors (Lipinski definition) is 1. The van der Waals surface area contributed by atoms with Crippen LogP contribution in [0.1, 0.15) is 30.5 Å². The summed E-state index contributed by atoms with van der Waals surface area (Å²) in [5.41, 5.74) is 0.292. The van der Waals surface area contributed by atoms with Gasteiger partial charge in [-0.15, -0.1) is 0 Å². The van der Waals surface area contributed by atoms with Gasteiger partial charge in [-0.3, -0.25) is 0 Å². The molecule has 0 aliphatic carbocycles. The molecule has 0 unspecified atom stereocenters. The molecule has 1 nitrogen and oxygen atoms in total. The maximum Gasteiger partial charge on any atom is 2.00 e. The second-order valence-electron chi connectivity index (χ2n) is 3.12. The zero-order chi connectivity index (χ0) is 5.71. The summed E-state index contributed by atoms with van der Waals surface area (Å²) in [6.45, 7) is 8.42. The zero-order valence-corrected chi connectivity index (χ0v) is 7.53. The first kappa shape index (κ1) is 8.73. The van der Waals surface area contributed by atoms with E-state index >= 15 is 0 Å². The van der Waals surface area contributed by atoms with E-state index in [0.717, 1.165) is 0 Å². The van der Waals surface area contributed by atoms with Gasteiger partial charge in [0.15, 0.2) is 0 Å². The van der Waals surface area contributed by atoms with Gasteiger partial charge in [0.1, 0.15) is 0 Å². The van der Waals surface area contributed by atoms with Gasteiger partial charge in [0.05, 0.1) is 11.2 Å². The first-order valence-electron chi connectivity index (χ1n) is 2.66. The minimum atomic E-state index is 0. The van der Waals surface area contributed by atoms with E-state index in [2.05, 4.69) is 27.7 Å². The average Bonchev–Trinajstić information content (AvgIpc) is 1.63. The van der Waals surface area contributed by atoms with Crippen LogP contribution in [-0.2, 0) is 4.74 Å². The van der Waals surface area contributed by atoms with Crippen LogP contribution in [0, 0.1) is 0 Å². The van der Waals surface area contributed by atoms with Crippen LogP contribution < -0.4 is 0 Å². The van der Waals surface area contributed by atoms with E-state index < -0.39 is 0 Å². The van der Waals surface area contributed by atoms with Gasteiger partial charge in [-0.05, 0) is 27.7 Å². The van der Waals surface area contributed by atoms with Gasteiger partial charge in [-0.25, -0.2) is 0 Å². The molecule has 0 N–H and O–H groups in total. The van der Waals surface area contributed by atoms with Gasteiger partial charge in [0.2, 0.25) is 0 Å². The van der Waals surface area contributed by atoms with Gasteiger partial charge in [0.25, 0.3) is 0 Å². The van der Waals surface area contributed by atoms with Crippen LogP contribution in [0.2, 0.25) is 0 Å². The molecular formula is C6H14MgO. The number of epoxide rings is 1. The van der Waals surface area contributed by atoms with Crippen molar-refractivity contribution in [3.05, 3.63) is 0 Å². The topological polar surface area (TPSA) is 12.5 Å². The molecule has 46 valence electrons. The molecule has 0 radical (unpaired) electrons. The second-order valence-corrected chi connectivity index (χ2v) is 3.12. The maximum atomic E-state index is 5.29. The molecule has 1 fully saturated rings. The van der Waals surface area contributed by atoms with Crippen LogP contribution in [0.3, 0.4) is 0 Å².